The van der Waals surface area contributed by atoms with Gasteiger partial charge < -0.3 is 34.6 Å². The van der Waals surface area contributed by atoms with Gasteiger partial charge in [-0.2, -0.15) is 0 Å². The highest BCUT2D eigenvalue weighted by Crippen LogP contribution is 2.46. The molecule has 3 aliphatic heterocycles. The van der Waals surface area contributed by atoms with Gasteiger partial charge in [-0.05, 0) is 31.0 Å². The zero-order chi connectivity index (χ0) is 35.1. The topological polar surface area (TPSA) is 208 Å². The average Bonchev–Trinajstić information content (AvgIpc) is 3.44. The molecule has 16 heteroatoms. The van der Waals surface area contributed by atoms with Crippen molar-refractivity contribution < 1.29 is 41.7 Å². The molecule has 0 unspecified atom stereocenters. The number of rotatable bonds is 12. The van der Waals surface area contributed by atoms with Gasteiger partial charge in [0.1, 0.15) is 25.1 Å². The first-order valence-electron chi connectivity index (χ1n) is 16.1. The van der Waals surface area contributed by atoms with E-state index in [-0.39, 0.29) is 30.7 Å². The van der Waals surface area contributed by atoms with Gasteiger partial charge in [0.2, 0.25) is 5.60 Å². The molecule has 3 aliphatic rings. The quantitative estimate of drug-likeness (QED) is 0.124. The van der Waals surface area contributed by atoms with Crippen LogP contribution in [0.15, 0.2) is 34.1 Å². The molecule has 3 N–H and O–H groups in total. The van der Waals surface area contributed by atoms with Crippen LogP contribution in [0.4, 0.5) is 16.2 Å². The molecule has 1 aromatic carbocycles. The number of unbranched alkanes of at least 4 members (excludes halogenated alkanes) is 2. The first-order chi connectivity index (χ1) is 23.4. The number of aliphatic imine (C=N–C) groups is 1. The van der Waals surface area contributed by atoms with Crippen LogP contribution >= 0.6 is 0 Å². The Balaban J connectivity index is 1.32. The highest BCUT2D eigenvalue weighted by Gasteiger charge is 2.51. The maximum atomic E-state index is 14.0. The molecule has 0 saturated carbocycles. The molecule has 2 atom stereocenters. The predicted octanol–water partition coefficient (Wildman–Crippen LogP) is 3.19. The highest BCUT2D eigenvalue weighted by atomic mass is 32.2. The van der Waals surface area contributed by atoms with Crippen molar-refractivity contribution in [3.63, 3.8) is 0 Å². The number of hydrogen-bond acceptors (Lipinski definition) is 14. The highest BCUT2D eigenvalue weighted by molar-refractivity contribution is 7.91. The van der Waals surface area contributed by atoms with Crippen LogP contribution in [-0.4, -0.2) is 73.2 Å². The molecule has 0 saturated heterocycles. The zero-order valence-corrected chi connectivity index (χ0v) is 28.2. The van der Waals surface area contributed by atoms with Crippen LogP contribution in [0.5, 0.6) is 0 Å². The number of nitrogens with zero attached hydrogens (tertiary/aromatic N) is 3. The molecule has 0 bridgehead atoms. The van der Waals surface area contributed by atoms with Gasteiger partial charge in [-0.1, -0.05) is 32.8 Å². The van der Waals surface area contributed by atoms with E-state index in [1.165, 1.54) is 0 Å². The molecule has 5 heterocycles. The second-order valence-corrected chi connectivity index (χ2v) is 14.4. The number of benzene rings is 1. The van der Waals surface area contributed by atoms with E-state index in [4.69, 9.17) is 29.9 Å². The lowest BCUT2D eigenvalue weighted by Gasteiger charge is -2.35. The van der Waals surface area contributed by atoms with Crippen LogP contribution in [0.3, 0.4) is 0 Å². The number of nitrogens with one attached hydrogen (secondary N) is 1. The van der Waals surface area contributed by atoms with E-state index >= 15 is 0 Å². The third-order valence-corrected chi connectivity index (χ3v) is 10.7. The van der Waals surface area contributed by atoms with Crippen molar-refractivity contribution in [3.8, 4) is 11.4 Å². The zero-order valence-electron chi connectivity index (χ0n) is 27.4. The number of nitrogens with two attached hydrogens (primary N) is 1. The van der Waals surface area contributed by atoms with E-state index in [2.05, 4.69) is 17.0 Å². The number of aromatic nitrogens is 2. The number of hydrogen-bond donors (Lipinski definition) is 2. The smallest absolute Gasteiger partial charge is 0.468 e. The monoisotopic (exact) mass is 695 g/mol. The van der Waals surface area contributed by atoms with Crippen molar-refractivity contribution >= 4 is 56.0 Å². The minimum absolute atomic E-state index is 0.118. The van der Waals surface area contributed by atoms with Gasteiger partial charge in [0.15, 0.2) is 9.84 Å². The number of amidine groups is 1. The maximum Gasteiger partial charge on any atom is 0.509 e. The number of methoxy groups -OCH3 is 1. The number of carbonyl (C=O) groups excluding carboxylic acids is 3. The number of fused-ring (bicyclic) bond motifs is 5. The predicted molar refractivity (Wildman–Crippen MR) is 178 cm³/mol. The molecule has 0 fully saturated rings. The molecular weight excluding hydrogens is 658 g/mol. The molecule has 0 aliphatic carbocycles. The molecule has 0 radical (unpaired) electrons. The van der Waals surface area contributed by atoms with E-state index < -0.39 is 63.2 Å². The first-order valence-corrected chi connectivity index (χ1v) is 17.9. The van der Waals surface area contributed by atoms with E-state index in [9.17, 15) is 27.6 Å². The summed E-state index contributed by atoms with van der Waals surface area (Å²) in [5, 5.41) is 4.29. The largest absolute Gasteiger partial charge is 0.509 e. The van der Waals surface area contributed by atoms with Crippen LogP contribution in [0.2, 0.25) is 0 Å². The SMILES string of the molecule is CCCCCC1=Nc2c3c(nc4cccc(c24)N1)-c1cc2c(c(=O)n1C3)COC(=O)[C@@]2(CC)OC(=O)OCCS(=O)(=O)C[C@H](N)C(=O)OC. The lowest BCUT2D eigenvalue weighted by Crippen LogP contribution is -2.47. The van der Waals surface area contributed by atoms with Crippen molar-refractivity contribution in [1.29, 1.82) is 0 Å². The van der Waals surface area contributed by atoms with E-state index in [1.54, 1.807) is 17.6 Å². The summed E-state index contributed by atoms with van der Waals surface area (Å²) in [4.78, 5) is 61.8. The fourth-order valence-corrected chi connectivity index (χ4v) is 7.66. The summed E-state index contributed by atoms with van der Waals surface area (Å²) in [5.41, 5.74) is 7.36. The van der Waals surface area contributed by atoms with E-state index in [0.717, 1.165) is 61.0 Å². The van der Waals surface area contributed by atoms with Crippen molar-refractivity contribution in [2.75, 3.05) is 30.5 Å². The third kappa shape index (κ3) is 6.14. The number of ether oxygens (including phenoxy) is 4. The summed E-state index contributed by atoms with van der Waals surface area (Å²) in [5.74, 6) is -2.36. The van der Waals surface area contributed by atoms with E-state index in [0.29, 0.717) is 16.9 Å². The number of pyridine rings is 2. The van der Waals surface area contributed by atoms with Gasteiger partial charge in [-0.3, -0.25) is 9.59 Å². The Hall–Kier alpha value is -4.83. The normalized spacial score (nSPS) is 18.0. The Bertz CT molecular complexity index is 2080. The number of carbonyl (C=O) groups is 3. The van der Waals surface area contributed by atoms with Crippen LogP contribution in [0.25, 0.3) is 22.3 Å². The number of esters is 2. The summed E-state index contributed by atoms with van der Waals surface area (Å²) >= 11 is 0. The van der Waals surface area contributed by atoms with Gasteiger partial charge in [-0.15, -0.1) is 0 Å². The van der Waals surface area contributed by atoms with Crippen molar-refractivity contribution in [1.82, 2.24) is 9.55 Å². The minimum Gasteiger partial charge on any atom is -0.468 e. The van der Waals surface area contributed by atoms with Crippen LogP contribution in [-0.2, 0) is 57.1 Å². The Morgan fingerprint density at radius 2 is 1.98 bits per heavy atom. The Morgan fingerprint density at radius 1 is 1.18 bits per heavy atom. The molecule has 6 rings (SSSR count). The van der Waals surface area contributed by atoms with Crippen LogP contribution in [0.1, 0.15) is 62.6 Å². The lowest BCUT2D eigenvalue weighted by molar-refractivity contribution is -0.175. The summed E-state index contributed by atoms with van der Waals surface area (Å²) in [6, 6.07) is 5.96. The van der Waals surface area contributed by atoms with Gasteiger partial charge in [0, 0.05) is 22.9 Å². The Kier molecular flexibility index (Phi) is 9.19. The van der Waals surface area contributed by atoms with Gasteiger partial charge in [-0.25, -0.2) is 28.0 Å². The van der Waals surface area contributed by atoms with Crippen molar-refractivity contribution in [3.05, 3.63) is 51.3 Å². The van der Waals surface area contributed by atoms with Gasteiger partial charge in [0.05, 0.1) is 59.0 Å². The second kappa shape index (κ2) is 13.2. The molecule has 0 amide bonds. The van der Waals surface area contributed by atoms with Crippen molar-refractivity contribution in [2.24, 2.45) is 10.7 Å². The lowest BCUT2D eigenvalue weighted by atomic mass is 9.85. The first kappa shape index (κ1) is 34.0. The fourth-order valence-electron chi connectivity index (χ4n) is 6.47. The third-order valence-electron chi connectivity index (χ3n) is 9.00. The average molecular weight is 696 g/mol. The molecule has 49 heavy (non-hydrogen) atoms. The van der Waals surface area contributed by atoms with Crippen LogP contribution < -0.4 is 16.6 Å². The summed E-state index contributed by atoms with van der Waals surface area (Å²) < 4.78 is 46.8. The molecule has 2 aromatic heterocycles. The summed E-state index contributed by atoms with van der Waals surface area (Å²) in [6.45, 7) is 2.94. The second-order valence-electron chi connectivity index (χ2n) is 12.1. The molecular formula is C33H37N5O10S. The fraction of sp³-hybridized carbons (Fsp3) is 0.455. The molecule has 15 nitrogen and oxygen atoms in total. The summed E-state index contributed by atoms with van der Waals surface area (Å²) in [7, 11) is -2.85. The van der Waals surface area contributed by atoms with E-state index in [1.807, 2.05) is 18.2 Å². The minimum atomic E-state index is -3.93. The Morgan fingerprint density at radius 3 is 2.71 bits per heavy atom. The molecule has 0 spiro atoms. The van der Waals surface area contributed by atoms with Gasteiger partial charge in [0.25, 0.3) is 5.56 Å². The van der Waals surface area contributed by atoms with Crippen molar-refractivity contribution in [2.45, 2.75) is 70.7 Å². The summed E-state index contributed by atoms with van der Waals surface area (Å²) in [6.07, 6.45) is 2.41. The van der Waals surface area contributed by atoms with Gasteiger partial charge >= 0.3 is 18.1 Å². The molecule has 3 aromatic rings. The number of cyclic esters (lactones) is 1. The molecule has 260 valence electrons. The number of anilines is 1. The van der Waals surface area contributed by atoms with Crippen LogP contribution in [0, 0.1) is 0 Å². The Labute approximate surface area is 281 Å². The maximum absolute atomic E-state index is 14.0. The number of sulfone groups is 1. The standard InChI is InChI=1S/C33H37N5O10S/c1-4-6-7-11-25-35-22-9-8-10-23-26(22)28(37-25)18-15-38-24(27(18)36-23)14-20-19(29(38)39)16-47-31(41)33(20,5-2)48-32(42)46-12-13-49(43,44)17-21(34)30(40)45-3/h8-10,14,21H,4-7,11-13,15-17,34H2,1-3H3,(H,35,37)/t21-,33-/m0/s1.